The first-order chi connectivity index (χ1) is 7.18. The lowest BCUT2D eigenvalue weighted by molar-refractivity contribution is 0.599. The van der Waals surface area contributed by atoms with Gasteiger partial charge in [-0.1, -0.05) is 0 Å². The van der Waals surface area contributed by atoms with E-state index in [2.05, 4.69) is 9.50 Å². The van der Waals surface area contributed by atoms with Gasteiger partial charge in [-0.2, -0.15) is 13.5 Å². The Morgan fingerprint density at radius 2 is 2.27 bits per heavy atom. The number of fused-ring (bicyclic) bond motifs is 1. The average Bonchev–Trinajstić information content (AvgIpc) is 2.86. The molecule has 76 valence electrons. The summed E-state index contributed by atoms with van der Waals surface area (Å²) in [6.07, 6.45) is 3.25. The Kier molecular flexibility index (Phi) is 1.63. The van der Waals surface area contributed by atoms with Crippen LogP contribution in [0.4, 0.5) is 0 Å². The number of hydrogen-bond acceptors (Lipinski definition) is 4. The predicted molar refractivity (Wildman–Crippen MR) is 55.7 cm³/mol. The van der Waals surface area contributed by atoms with Crippen LogP contribution in [-0.4, -0.2) is 24.0 Å². The van der Waals surface area contributed by atoms with Crippen LogP contribution in [0.2, 0.25) is 0 Å². The summed E-state index contributed by atoms with van der Waals surface area (Å²) in [5.74, 6) is 0.380. The van der Waals surface area contributed by atoms with Crippen molar-refractivity contribution in [3.05, 3.63) is 34.8 Å². The second-order valence-corrected chi connectivity index (χ2v) is 5.44. The minimum absolute atomic E-state index is 0.276. The first-order valence-corrected chi connectivity index (χ1v) is 6.43. The second kappa shape index (κ2) is 2.77. The van der Waals surface area contributed by atoms with E-state index in [-0.39, 0.29) is 4.90 Å². The van der Waals surface area contributed by atoms with Crippen LogP contribution >= 0.6 is 11.3 Å². The molecule has 0 aromatic carbocycles. The molecule has 0 saturated carbocycles. The highest BCUT2D eigenvalue weighted by atomic mass is 32.2. The van der Waals surface area contributed by atoms with E-state index in [0.717, 1.165) is 0 Å². The molecular formula is C8H5N3O2S2. The molecule has 1 aliphatic heterocycles. The fourth-order valence-corrected chi connectivity index (χ4v) is 3.85. The highest BCUT2D eigenvalue weighted by Gasteiger charge is 2.31. The zero-order chi connectivity index (χ0) is 10.5. The summed E-state index contributed by atoms with van der Waals surface area (Å²) in [5.41, 5.74) is 0. The van der Waals surface area contributed by atoms with Gasteiger partial charge in [0.15, 0.2) is 5.84 Å². The van der Waals surface area contributed by atoms with Crippen LogP contribution < -0.4 is 0 Å². The molecule has 5 nitrogen and oxygen atoms in total. The average molecular weight is 239 g/mol. The summed E-state index contributed by atoms with van der Waals surface area (Å²) in [5, 5.41) is 5.71. The van der Waals surface area contributed by atoms with E-state index >= 15 is 0 Å². The van der Waals surface area contributed by atoms with E-state index in [1.807, 2.05) is 0 Å². The number of thiophene rings is 1. The van der Waals surface area contributed by atoms with Crippen molar-refractivity contribution in [3.63, 3.8) is 0 Å². The molecule has 0 atom stereocenters. The third-order valence-electron chi connectivity index (χ3n) is 2.04. The molecule has 0 unspecified atom stereocenters. The topological polar surface area (TPSA) is 64.3 Å². The smallest absolute Gasteiger partial charge is 0.220 e. The highest BCUT2D eigenvalue weighted by Crippen LogP contribution is 2.30. The standard InChI is InChI=1S/C8H5N3O2S2/c12-15(13)6-2-5-14-7(6)8(10-15)11-4-1-3-9-11/h1-5H. The predicted octanol–water partition coefficient (Wildman–Crippen LogP) is 0.942. The fraction of sp³-hybridized carbons (Fsp3) is 0. The largest absolute Gasteiger partial charge is 0.285 e. The molecule has 2 aromatic rings. The van der Waals surface area contributed by atoms with Crippen molar-refractivity contribution in [1.29, 1.82) is 0 Å². The van der Waals surface area contributed by atoms with E-state index in [9.17, 15) is 8.42 Å². The van der Waals surface area contributed by atoms with Gasteiger partial charge in [-0.25, -0.2) is 4.68 Å². The van der Waals surface area contributed by atoms with Crippen LogP contribution in [0.1, 0.15) is 4.88 Å². The Morgan fingerprint density at radius 3 is 3.00 bits per heavy atom. The van der Waals surface area contributed by atoms with Gasteiger partial charge in [-0.3, -0.25) is 0 Å². The Labute approximate surface area is 89.8 Å². The van der Waals surface area contributed by atoms with Crippen molar-refractivity contribution in [2.75, 3.05) is 0 Å². The molecule has 0 fully saturated rings. The van der Waals surface area contributed by atoms with Gasteiger partial charge in [0.25, 0.3) is 10.0 Å². The molecule has 0 saturated heterocycles. The zero-order valence-electron chi connectivity index (χ0n) is 7.36. The molecule has 7 heteroatoms. The van der Waals surface area contributed by atoms with Crippen LogP contribution in [-0.2, 0) is 10.0 Å². The molecule has 15 heavy (non-hydrogen) atoms. The minimum atomic E-state index is -3.50. The molecule has 0 N–H and O–H groups in total. The summed E-state index contributed by atoms with van der Waals surface area (Å²) >= 11 is 1.35. The molecule has 0 spiro atoms. The Hall–Kier alpha value is -1.47. The second-order valence-electron chi connectivity index (χ2n) is 2.95. The summed E-state index contributed by atoms with van der Waals surface area (Å²) in [6.45, 7) is 0. The molecule has 2 aromatic heterocycles. The van der Waals surface area contributed by atoms with Gasteiger partial charge >= 0.3 is 0 Å². The summed E-state index contributed by atoms with van der Waals surface area (Å²) in [4.78, 5) is 0.928. The fourth-order valence-electron chi connectivity index (χ4n) is 1.41. The zero-order valence-corrected chi connectivity index (χ0v) is 8.99. The van der Waals surface area contributed by atoms with Gasteiger partial charge < -0.3 is 0 Å². The van der Waals surface area contributed by atoms with Gasteiger partial charge in [0.05, 0.1) is 4.88 Å². The molecule has 0 radical (unpaired) electrons. The number of hydrogen-bond donors (Lipinski definition) is 0. The lowest BCUT2D eigenvalue weighted by atomic mass is 10.4. The van der Waals surface area contributed by atoms with Gasteiger partial charge in [-0.05, 0) is 17.5 Å². The number of aromatic nitrogens is 2. The number of nitrogens with zero attached hydrogens (tertiary/aromatic N) is 3. The molecule has 3 heterocycles. The van der Waals surface area contributed by atoms with Crippen LogP contribution in [0.25, 0.3) is 0 Å². The first kappa shape index (κ1) is 8.81. The number of sulfonamides is 1. The van der Waals surface area contributed by atoms with Crippen LogP contribution in [0.5, 0.6) is 0 Å². The SMILES string of the molecule is O=S1(=O)N=C(n2cccn2)c2sccc21. The molecule has 0 bridgehead atoms. The maximum atomic E-state index is 11.6. The van der Waals surface area contributed by atoms with Crippen molar-refractivity contribution < 1.29 is 8.42 Å². The molecular weight excluding hydrogens is 234 g/mol. The third kappa shape index (κ3) is 1.17. The highest BCUT2D eigenvalue weighted by molar-refractivity contribution is 7.91. The molecule has 0 amide bonds. The Bertz CT molecular complexity index is 637. The monoisotopic (exact) mass is 239 g/mol. The normalized spacial score (nSPS) is 17.5. The number of rotatable bonds is 0. The molecule has 1 aliphatic rings. The van der Waals surface area contributed by atoms with Crippen molar-refractivity contribution in [1.82, 2.24) is 9.78 Å². The van der Waals surface area contributed by atoms with Crippen molar-refractivity contribution >= 4 is 27.2 Å². The van der Waals surface area contributed by atoms with Gasteiger partial charge in [-0.15, -0.1) is 15.7 Å². The van der Waals surface area contributed by atoms with Crippen LogP contribution in [0, 0.1) is 0 Å². The van der Waals surface area contributed by atoms with Crippen LogP contribution in [0.15, 0.2) is 39.2 Å². The Morgan fingerprint density at radius 1 is 1.40 bits per heavy atom. The van der Waals surface area contributed by atoms with E-state index < -0.39 is 10.0 Å². The summed E-state index contributed by atoms with van der Waals surface area (Å²) in [6, 6.07) is 3.29. The lowest BCUT2D eigenvalue weighted by Gasteiger charge is -1.96. The molecule has 0 aliphatic carbocycles. The van der Waals surface area contributed by atoms with E-state index in [0.29, 0.717) is 10.7 Å². The van der Waals surface area contributed by atoms with Crippen molar-refractivity contribution in [3.8, 4) is 0 Å². The van der Waals surface area contributed by atoms with Crippen molar-refractivity contribution in [2.45, 2.75) is 4.90 Å². The van der Waals surface area contributed by atoms with Gasteiger partial charge in [0.1, 0.15) is 4.90 Å². The van der Waals surface area contributed by atoms with Gasteiger partial charge in [0, 0.05) is 12.4 Å². The maximum absolute atomic E-state index is 11.6. The first-order valence-electron chi connectivity index (χ1n) is 4.11. The summed E-state index contributed by atoms with van der Waals surface area (Å²) < 4.78 is 28.3. The third-order valence-corrected chi connectivity index (χ3v) is 4.39. The minimum Gasteiger partial charge on any atom is -0.220 e. The van der Waals surface area contributed by atoms with E-state index in [1.165, 1.54) is 16.0 Å². The Balaban J connectivity index is 2.31. The van der Waals surface area contributed by atoms with Crippen LogP contribution in [0.3, 0.4) is 0 Å². The summed E-state index contributed by atoms with van der Waals surface area (Å²) in [7, 11) is -3.50. The maximum Gasteiger partial charge on any atom is 0.285 e. The van der Waals surface area contributed by atoms with E-state index in [4.69, 9.17) is 0 Å². The lowest BCUT2D eigenvalue weighted by Crippen LogP contribution is -2.10. The quantitative estimate of drug-likeness (QED) is 0.687. The molecule has 3 rings (SSSR count). The van der Waals surface area contributed by atoms with Gasteiger partial charge in [0.2, 0.25) is 0 Å². The van der Waals surface area contributed by atoms with Crippen molar-refractivity contribution in [2.24, 2.45) is 4.40 Å². The van der Waals surface area contributed by atoms with E-state index in [1.54, 1.807) is 29.9 Å².